The zero-order chi connectivity index (χ0) is 17.4. The lowest BCUT2D eigenvalue weighted by Crippen LogP contribution is -2.45. The van der Waals surface area contributed by atoms with Gasteiger partial charge in [0.2, 0.25) is 5.88 Å². The largest absolute Gasteiger partial charge is 0.497 e. The predicted molar refractivity (Wildman–Crippen MR) is 94.2 cm³/mol. The number of likely N-dealkylation sites (tertiary alicyclic amines) is 1. The molecule has 5 heteroatoms. The fourth-order valence-corrected chi connectivity index (χ4v) is 3.74. The van der Waals surface area contributed by atoms with Crippen molar-refractivity contribution in [3.63, 3.8) is 0 Å². The first kappa shape index (κ1) is 15.9. The van der Waals surface area contributed by atoms with Gasteiger partial charge in [-0.05, 0) is 55.0 Å². The molecule has 130 valence electrons. The van der Waals surface area contributed by atoms with Crippen LogP contribution in [0, 0.1) is 0 Å². The van der Waals surface area contributed by atoms with Gasteiger partial charge in [-0.3, -0.25) is 4.79 Å². The van der Waals surface area contributed by atoms with Crippen LogP contribution in [-0.2, 0) is 12.8 Å². The Morgan fingerprint density at radius 2 is 2.08 bits per heavy atom. The fourth-order valence-electron chi connectivity index (χ4n) is 3.74. The SMILES string of the molecule is COc1cccc([C@@H]2CCN2C(=O)c2cc3c(nc2OC)CCC3)c1. The van der Waals surface area contributed by atoms with Gasteiger partial charge in [-0.15, -0.1) is 0 Å². The Hall–Kier alpha value is -2.56. The van der Waals surface area contributed by atoms with E-state index in [0.29, 0.717) is 11.4 Å². The number of ether oxygens (including phenoxy) is 2. The normalized spacial score (nSPS) is 18.5. The molecule has 1 aromatic heterocycles. The first-order valence-electron chi connectivity index (χ1n) is 8.73. The second kappa shape index (κ2) is 6.39. The van der Waals surface area contributed by atoms with Crippen molar-refractivity contribution in [3.05, 3.63) is 52.7 Å². The van der Waals surface area contributed by atoms with Crippen LogP contribution in [-0.4, -0.2) is 36.6 Å². The highest BCUT2D eigenvalue weighted by Crippen LogP contribution is 2.37. The molecule has 1 fully saturated rings. The number of carbonyl (C=O) groups excluding carboxylic acids is 1. The maximum atomic E-state index is 13.1. The minimum atomic E-state index is -0.00174. The molecule has 0 bridgehead atoms. The van der Waals surface area contributed by atoms with Crippen molar-refractivity contribution in [2.45, 2.75) is 31.7 Å². The molecular weight excluding hydrogens is 316 g/mol. The number of methoxy groups -OCH3 is 2. The summed E-state index contributed by atoms with van der Waals surface area (Å²) in [5.74, 6) is 1.26. The van der Waals surface area contributed by atoms with E-state index in [1.165, 1.54) is 5.56 Å². The molecule has 5 nitrogen and oxygen atoms in total. The van der Waals surface area contributed by atoms with Crippen molar-refractivity contribution >= 4 is 5.91 Å². The van der Waals surface area contributed by atoms with E-state index in [4.69, 9.17) is 9.47 Å². The summed E-state index contributed by atoms with van der Waals surface area (Å²) < 4.78 is 10.7. The second-order valence-corrected chi connectivity index (χ2v) is 6.58. The van der Waals surface area contributed by atoms with Crippen molar-refractivity contribution < 1.29 is 14.3 Å². The molecule has 25 heavy (non-hydrogen) atoms. The summed E-state index contributed by atoms with van der Waals surface area (Å²) in [7, 11) is 3.24. The van der Waals surface area contributed by atoms with Crippen LogP contribution < -0.4 is 9.47 Å². The van der Waals surface area contributed by atoms with Crippen LogP contribution in [0.3, 0.4) is 0 Å². The van der Waals surface area contributed by atoms with E-state index in [9.17, 15) is 4.79 Å². The van der Waals surface area contributed by atoms with Gasteiger partial charge in [-0.1, -0.05) is 12.1 Å². The molecule has 1 aliphatic carbocycles. The van der Waals surface area contributed by atoms with E-state index in [0.717, 1.165) is 49.2 Å². The van der Waals surface area contributed by atoms with Crippen LogP contribution in [0.5, 0.6) is 11.6 Å². The van der Waals surface area contributed by atoms with E-state index in [2.05, 4.69) is 4.98 Å². The van der Waals surface area contributed by atoms with Gasteiger partial charge in [0.25, 0.3) is 5.91 Å². The monoisotopic (exact) mass is 338 g/mol. The molecule has 2 aromatic rings. The predicted octanol–water partition coefficient (Wildman–Crippen LogP) is 3.17. The van der Waals surface area contributed by atoms with E-state index in [1.54, 1.807) is 14.2 Å². The molecular formula is C20H22N2O3. The highest BCUT2D eigenvalue weighted by atomic mass is 16.5. The summed E-state index contributed by atoms with van der Waals surface area (Å²) in [6, 6.07) is 10.00. The quantitative estimate of drug-likeness (QED) is 0.859. The van der Waals surface area contributed by atoms with Crippen molar-refractivity contribution in [1.82, 2.24) is 9.88 Å². The fraction of sp³-hybridized carbons (Fsp3) is 0.400. The lowest BCUT2D eigenvalue weighted by atomic mass is 9.93. The van der Waals surface area contributed by atoms with Gasteiger partial charge < -0.3 is 14.4 Å². The molecule has 1 aliphatic heterocycles. The van der Waals surface area contributed by atoms with Crippen LogP contribution in [0.4, 0.5) is 0 Å². The van der Waals surface area contributed by atoms with Gasteiger partial charge in [0.15, 0.2) is 0 Å². The minimum Gasteiger partial charge on any atom is -0.497 e. The summed E-state index contributed by atoms with van der Waals surface area (Å²) in [4.78, 5) is 19.6. The molecule has 2 aliphatic rings. The third kappa shape index (κ3) is 2.73. The smallest absolute Gasteiger partial charge is 0.259 e. The lowest BCUT2D eigenvalue weighted by molar-refractivity contribution is 0.0455. The molecule has 2 heterocycles. The highest BCUT2D eigenvalue weighted by molar-refractivity contribution is 5.97. The van der Waals surface area contributed by atoms with Crippen molar-refractivity contribution in [3.8, 4) is 11.6 Å². The van der Waals surface area contributed by atoms with Gasteiger partial charge in [-0.2, -0.15) is 0 Å². The summed E-state index contributed by atoms with van der Waals surface area (Å²) in [5.41, 5.74) is 3.94. The summed E-state index contributed by atoms with van der Waals surface area (Å²) in [6.45, 7) is 0.751. The Labute approximate surface area is 147 Å². The van der Waals surface area contributed by atoms with Gasteiger partial charge in [0.05, 0.1) is 20.3 Å². The number of carbonyl (C=O) groups is 1. The Bertz CT molecular complexity index is 819. The van der Waals surface area contributed by atoms with Crippen LogP contribution in [0.15, 0.2) is 30.3 Å². The summed E-state index contributed by atoms with van der Waals surface area (Å²) in [5, 5.41) is 0. The maximum Gasteiger partial charge on any atom is 0.259 e. The molecule has 1 atom stereocenters. The minimum absolute atomic E-state index is 0.00174. The number of amides is 1. The van der Waals surface area contributed by atoms with Gasteiger partial charge in [0, 0.05) is 12.2 Å². The van der Waals surface area contributed by atoms with Crippen LogP contribution in [0.1, 0.15) is 46.1 Å². The molecule has 0 saturated carbocycles. The third-order valence-electron chi connectivity index (χ3n) is 5.20. The van der Waals surface area contributed by atoms with Crippen LogP contribution >= 0.6 is 0 Å². The van der Waals surface area contributed by atoms with E-state index in [1.807, 2.05) is 35.2 Å². The first-order chi connectivity index (χ1) is 12.2. The number of rotatable bonds is 4. The van der Waals surface area contributed by atoms with Gasteiger partial charge in [-0.25, -0.2) is 4.98 Å². The number of hydrogen-bond acceptors (Lipinski definition) is 4. The Balaban J connectivity index is 1.63. The summed E-state index contributed by atoms with van der Waals surface area (Å²) >= 11 is 0. The van der Waals surface area contributed by atoms with Gasteiger partial charge >= 0.3 is 0 Å². The van der Waals surface area contributed by atoms with Crippen molar-refractivity contribution in [2.24, 2.45) is 0 Å². The summed E-state index contributed by atoms with van der Waals surface area (Å²) in [6.07, 6.45) is 4.01. The highest BCUT2D eigenvalue weighted by Gasteiger charge is 2.36. The zero-order valence-corrected chi connectivity index (χ0v) is 14.6. The maximum absolute atomic E-state index is 13.1. The lowest BCUT2D eigenvalue weighted by Gasteiger charge is -2.41. The molecule has 1 saturated heterocycles. The average molecular weight is 338 g/mol. The molecule has 0 N–H and O–H groups in total. The number of benzene rings is 1. The van der Waals surface area contributed by atoms with Crippen molar-refractivity contribution in [2.75, 3.05) is 20.8 Å². The number of pyridine rings is 1. The number of aromatic nitrogens is 1. The van der Waals surface area contributed by atoms with Gasteiger partial charge in [0.1, 0.15) is 11.3 Å². The Morgan fingerprint density at radius 1 is 1.20 bits per heavy atom. The van der Waals surface area contributed by atoms with Crippen LogP contribution in [0.25, 0.3) is 0 Å². The second-order valence-electron chi connectivity index (χ2n) is 6.58. The number of aryl methyl sites for hydroxylation is 2. The number of fused-ring (bicyclic) bond motifs is 1. The molecule has 4 rings (SSSR count). The molecule has 0 unspecified atom stereocenters. The topological polar surface area (TPSA) is 51.7 Å². The van der Waals surface area contributed by atoms with Crippen molar-refractivity contribution in [1.29, 1.82) is 0 Å². The van der Waals surface area contributed by atoms with E-state index >= 15 is 0 Å². The number of hydrogen-bond donors (Lipinski definition) is 0. The van der Waals surface area contributed by atoms with Crippen LogP contribution in [0.2, 0.25) is 0 Å². The molecule has 1 aromatic carbocycles. The first-order valence-corrected chi connectivity index (χ1v) is 8.73. The average Bonchev–Trinajstić information content (AvgIpc) is 3.07. The van der Waals surface area contributed by atoms with E-state index in [-0.39, 0.29) is 11.9 Å². The Kier molecular flexibility index (Phi) is 4.07. The number of nitrogens with zero attached hydrogens (tertiary/aromatic N) is 2. The standard InChI is InChI=1S/C20H22N2O3/c1-24-15-7-3-6-14(11-15)18-9-10-22(18)20(23)16-12-13-5-4-8-17(13)21-19(16)25-2/h3,6-7,11-12,18H,4-5,8-10H2,1-2H3/t18-/m0/s1. The third-order valence-corrected chi connectivity index (χ3v) is 5.20. The van der Waals surface area contributed by atoms with E-state index < -0.39 is 0 Å². The molecule has 1 amide bonds. The zero-order valence-electron chi connectivity index (χ0n) is 14.6. The molecule has 0 spiro atoms. The molecule has 0 radical (unpaired) electrons. The Morgan fingerprint density at radius 3 is 2.80 bits per heavy atom.